The van der Waals surface area contributed by atoms with E-state index in [2.05, 4.69) is 20.4 Å². The summed E-state index contributed by atoms with van der Waals surface area (Å²) in [5.41, 5.74) is 1.70. The Labute approximate surface area is 205 Å². The predicted molar refractivity (Wildman–Crippen MR) is 131 cm³/mol. The Bertz CT molecular complexity index is 1370. The third-order valence-corrected chi connectivity index (χ3v) is 5.81. The molecule has 4 aromatic rings. The first-order valence-electron chi connectivity index (χ1n) is 11.0. The van der Waals surface area contributed by atoms with Gasteiger partial charge in [-0.2, -0.15) is 5.10 Å². The molecule has 1 aromatic carbocycles. The van der Waals surface area contributed by atoms with Crippen molar-refractivity contribution in [2.24, 2.45) is 0 Å². The molecule has 1 atom stereocenters. The van der Waals surface area contributed by atoms with Crippen LogP contribution in [0, 0.1) is 12.7 Å². The summed E-state index contributed by atoms with van der Waals surface area (Å²) in [6, 6.07) is 12.7. The van der Waals surface area contributed by atoms with Crippen LogP contribution in [-0.4, -0.2) is 31.8 Å². The van der Waals surface area contributed by atoms with Gasteiger partial charge in [0.05, 0.1) is 30.5 Å². The number of aromatic nitrogens is 4. The number of aryl methyl sites for hydroxylation is 1. The normalized spacial score (nSPS) is 11.7. The molecule has 0 spiro atoms. The van der Waals surface area contributed by atoms with Crippen LogP contribution >= 0.6 is 11.3 Å². The van der Waals surface area contributed by atoms with Gasteiger partial charge in [-0.3, -0.25) is 14.6 Å². The molecule has 3 heterocycles. The Hall–Kier alpha value is -3.92. The van der Waals surface area contributed by atoms with Crippen molar-refractivity contribution < 1.29 is 13.9 Å². The molecule has 180 valence electrons. The number of nitrogens with one attached hydrogen (secondary N) is 1. The minimum atomic E-state index is -0.290. The molecule has 10 heteroatoms. The van der Waals surface area contributed by atoms with Gasteiger partial charge in [0.15, 0.2) is 5.13 Å². The first-order valence-corrected chi connectivity index (χ1v) is 11.8. The zero-order valence-corrected chi connectivity index (χ0v) is 20.1. The van der Waals surface area contributed by atoms with Crippen molar-refractivity contribution in [2.75, 3.05) is 5.32 Å². The van der Waals surface area contributed by atoms with Crippen molar-refractivity contribution in [2.45, 2.75) is 39.3 Å². The van der Waals surface area contributed by atoms with Crippen molar-refractivity contribution in [3.63, 3.8) is 0 Å². The zero-order chi connectivity index (χ0) is 24.8. The maximum atomic E-state index is 13.2. The van der Waals surface area contributed by atoms with Gasteiger partial charge < -0.3 is 10.1 Å². The molecule has 35 heavy (non-hydrogen) atoms. The van der Waals surface area contributed by atoms with Gasteiger partial charge in [0, 0.05) is 41.9 Å². The molecule has 3 aromatic heterocycles. The Morgan fingerprint density at radius 1 is 1.20 bits per heavy atom. The Kier molecular flexibility index (Phi) is 7.61. The second-order valence-electron chi connectivity index (χ2n) is 8.07. The van der Waals surface area contributed by atoms with Gasteiger partial charge in [-0.15, -0.1) is 11.3 Å². The van der Waals surface area contributed by atoms with Crippen molar-refractivity contribution >= 4 is 22.4 Å². The fraction of sp³-hybridized carbons (Fsp3) is 0.240. The molecule has 0 aliphatic rings. The number of hydrogen-bond donors (Lipinski definition) is 1. The summed E-state index contributed by atoms with van der Waals surface area (Å²) in [7, 11) is 0. The monoisotopic (exact) mass is 493 g/mol. The summed E-state index contributed by atoms with van der Waals surface area (Å²) >= 11 is 1.39. The first kappa shape index (κ1) is 24.2. The number of nitrogens with zero attached hydrogens (tertiary/aromatic N) is 4. The van der Waals surface area contributed by atoms with E-state index in [0.717, 1.165) is 10.4 Å². The van der Waals surface area contributed by atoms with Crippen LogP contribution in [0.2, 0.25) is 0 Å². The van der Waals surface area contributed by atoms with E-state index in [1.54, 1.807) is 36.5 Å². The summed E-state index contributed by atoms with van der Waals surface area (Å²) in [6.45, 7) is 3.95. The van der Waals surface area contributed by atoms with Crippen LogP contribution in [0.5, 0.6) is 5.75 Å². The summed E-state index contributed by atoms with van der Waals surface area (Å²) < 4.78 is 20.6. The van der Waals surface area contributed by atoms with E-state index in [9.17, 15) is 14.0 Å². The highest BCUT2D eigenvalue weighted by Gasteiger charge is 2.14. The summed E-state index contributed by atoms with van der Waals surface area (Å²) in [5, 5.41) is 7.38. The number of carbonyl (C=O) groups is 1. The minimum Gasteiger partial charge on any atom is -0.490 e. The molecule has 0 bridgehead atoms. The lowest BCUT2D eigenvalue weighted by molar-refractivity contribution is -0.115. The standard InChI is InChI=1S/C25H24FN5O3S/c1-16(10-18-5-7-19(26)8-6-18)34-22-11-20(13-23(32)30-25-27-14-17(2)35-25)29-21(12-22)15-31-24(33)4-3-9-28-31/h3-9,11-12,14,16H,10,13,15H2,1-2H3,(H,27,30,32)/t16-/m0/s1. The molecule has 0 aliphatic heterocycles. The third-order valence-electron chi connectivity index (χ3n) is 4.99. The zero-order valence-electron chi connectivity index (χ0n) is 19.3. The largest absolute Gasteiger partial charge is 0.490 e. The highest BCUT2D eigenvalue weighted by atomic mass is 32.1. The number of thiazole rings is 1. The average Bonchev–Trinajstić information content (AvgIpc) is 3.21. The van der Waals surface area contributed by atoms with Gasteiger partial charge in [-0.25, -0.2) is 14.1 Å². The van der Waals surface area contributed by atoms with E-state index < -0.39 is 0 Å². The molecule has 1 N–H and O–H groups in total. The van der Waals surface area contributed by atoms with Crippen LogP contribution < -0.4 is 15.6 Å². The van der Waals surface area contributed by atoms with Crippen molar-refractivity contribution in [1.29, 1.82) is 0 Å². The summed E-state index contributed by atoms with van der Waals surface area (Å²) in [6.07, 6.45) is 3.56. The van der Waals surface area contributed by atoms with Crippen LogP contribution in [0.1, 0.15) is 28.8 Å². The van der Waals surface area contributed by atoms with E-state index in [-0.39, 0.29) is 36.4 Å². The molecule has 0 aliphatic carbocycles. The maximum Gasteiger partial charge on any atom is 0.267 e. The minimum absolute atomic E-state index is 0.00624. The molecular weight excluding hydrogens is 469 g/mol. The summed E-state index contributed by atoms with van der Waals surface area (Å²) in [4.78, 5) is 34.4. The number of halogens is 1. The number of hydrogen-bond acceptors (Lipinski definition) is 7. The van der Waals surface area contributed by atoms with E-state index in [1.807, 2.05) is 13.8 Å². The Morgan fingerprint density at radius 3 is 2.69 bits per heavy atom. The smallest absolute Gasteiger partial charge is 0.267 e. The molecule has 0 unspecified atom stereocenters. The van der Waals surface area contributed by atoms with Crippen LogP contribution in [0.25, 0.3) is 0 Å². The highest BCUT2D eigenvalue weighted by Crippen LogP contribution is 2.20. The molecule has 8 nitrogen and oxygen atoms in total. The molecule has 4 rings (SSSR count). The van der Waals surface area contributed by atoms with E-state index >= 15 is 0 Å². The third kappa shape index (κ3) is 7.03. The number of amides is 1. The van der Waals surface area contributed by atoms with Gasteiger partial charge in [-0.05, 0) is 37.6 Å². The fourth-order valence-electron chi connectivity index (χ4n) is 3.49. The van der Waals surface area contributed by atoms with Crippen molar-refractivity contribution in [3.05, 3.63) is 98.9 Å². The molecule has 0 radical (unpaired) electrons. The van der Waals surface area contributed by atoms with E-state index in [1.165, 1.54) is 40.4 Å². The second-order valence-corrected chi connectivity index (χ2v) is 9.30. The number of ether oxygens (including phenoxy) is 1. The number of rotatable bonds is 9. The average molecular weight is 494 g/mol. The lowest BCUT2D eigenvalue weighted by Crippen LogP contribution is -2.23. The van der Waals surface area contributed by atoms with Crippen LogP contribution in [0.4, 0.5) is 9.52 Å². The SMILES string of the molecule is Cc1cnc(NC(=O)Cc2cc(O[C@@H](C)Cc3ccc(F)cc3)cc(Cn3ncccc3=O)n2)s1. The molecule has 0 saturated carbocycles. The van der Waals surface area contributed by atoms with Gasteiger partial charge in [-0.1, -0.05) is 12.1 Å². The van der Waals surface area contributed by atoms with Crippen LogP contribution in [-0.2, 0) is 24.2 Å². The number of anilines is 1. The van der Waals surface area contributed by atoms with Gasteiger partial charge in [0.2, 0.25) is 5.91 Å². The van der Waals surface area contributed by atoms with Crippen LogP contribution in [0.15, 0.2) is 65.7 Å². The molecule has 0 fully saturated rings. The highest BCUT2D eigenvalue weighted by molar-refractivity contribution is 7.15. The lowest BCUT2D eigenvalue weighted by atomic mass is 10.1. The summed E-state index contributed by atoms with van der Waals surface area (Å²) in [5.74, 6) is -0.0347. The van der Waals surface area contributed by atoms with Crippen molar-refractivity contribution in [1.82, 2.24) is 19.7 Å². The quantitative estimate of drug-likeness (QED) is 0.381. The topological polar surface area (TPSA) is 99.0 Å². The van der Waals surface area contributed by atoms with Crippen LogP contribution in [0.3, 0.4) is 0 Å². The van der Waals surface area contributed by atoms with Gasteiger partial charge >= 0.3 is 0 Å². The Balaban J connectivity index is 1.53. The number of carbonyl (C=O) groups excluding carboxylic acids is 1. The number of benzene rings is 1. The molecule has 0 saturated heterocycles. The maximum absolute atomic E-state index is 13.2. The first-order chi connectivity index (χ1) is 16.8. The fourth-order valence-corrected chi connectivity index (χ4v) is 4.17. The predicted octanol–water partition coefficient (Wildman–Crippen LogP) is 3.78. The van der Waals surface area contributed by atoms with E-state index in [0.29, 0.717) is 28.7 Å². The number of pyridine rings is 1. The van der Waals surface area contributed by atoms with Gasteiger partial charge in [0.25, 0.3) is 5.56 Å². The Morgan fingerprint density at radius 2 is 1.97 bits per heavy atom. The second kappa shape index (κ2) is 11.0. The van der Waals surface area contributed by atoms with Crippen molar-refractivity contribution in [3.8, 4) is 5.75 Å². The molecule has 1 amide bonds. The lowest BCUT2D eigenvalue weighted by Gasteiger charge is -2.17. The van der Waals surface area contributed by atoms with Gasteiger partial charge in [0.1, 0.15) is 11.6 Å². The molecular formula is C25H24FN5O3S. The van der Waals surface area contributed by atoms with E-state index in [4.69, 9.17) is 4.74 Å².